The molecule has 0 saturated heterocycles. The van der Waals surface area contributed by atoms with E-state index in [4.69, 9.17) is 18.9 Å². The predicted octanol–water partition coefficient (Wildman–Crippen LogP) is 2.28. The van der Waals surface area contributed by atoms with Gasteiger partial charge in [-0.15, -0.1) is 0 Å². The minimum atomic E-state index is -0.681. The van der Waals surface area contributed by atoms with Crippen LogP contribution in [0, 0.1) is 0 Å². The molecule has 0 radical (unpaired) electrons. The first-order valence-corrected chi connectivity index (χ1v) is 6.75. The highest BCUT2D eigenvalue weighted by molar-refractivity contribution is 5.45. The van der Waals surface area contributed by atoms with Crippen molar-refractivity contribution in [3.63, 3.8) is 0 Å². The van der Waals surface area contributed by atoms with E-state index in [1.165, 1.54) is 0 Å². The Morgan fingerprint density at radius 1 is 1.20 bits per heavy atom. The van der Waals surface area contributed by atoms with Crippen molar-refractivity contribution >= 4 is 0 Å². The van der Waals surface area contributed by atoms with E-state index in [0.29, 0.717) is 24.7 Å². The zero-order valence-electron chi connectivity index (χ0n) is 12.2. The van der Waals surface area contributed by atoms with Gasteiger partial charge in [0.25, 0.3) is 0 Å². The van der Waals surface area contributed by atoms with Gasteiger partial charge in [0.2, 0.25) is 6.79 Å². The van der Waals surface area contributed by atoms with Crippen LogP contribution in [0.3, 0.4) is 0 Å². The van der Waals surface area contributed by atoms with E-state index >= 15 is 0 Å². The second-order valence-corrected chi connectivity index (χ2v) is 5.66. The quantitative estimate of drug-likeness (QED) is 0.811. The van der Waals surface area contributed by atoms with Gasteiger partial charge < -0.3 is 24.1 Å². The number of aliphatic hydroxyl groups excluding tert-OH is 1. The smallest absolute Gasteiger partial charge is 0.231 e. The molecule has 5 nitrogen and oxygen atoms in total. The van der Waals surface area contributed by atoms with Gasteiger partial charge in [-0.1, -0.05) is 6.07 Å². The third-order valence-corrected chi connectivity index (χ3v) is 2.82. The molecular formula is C15H22O5. The van der Waals surface area contributed by atoms with Crippen molar-refractivity contribution in [2.45, 2.75) is 32.5 Å². The van der Waals surface area contributed by atoms with Crippen molar-refractivity contribution in [2.24, 2.45) is 0 Å². The Balaban J connectivity index is 1.73. The van der Waals surface area contributed by atoms with E-state index in [1.807, 2.05) is 26.8 Å². The molecule has 0 bridgehead atoms. The highest BCUT2D eigenvalue weighted by atomic mass is 16.7. The van der Waals surface area contributed by atoms with Crippen LogP contribution in [0.15, 0.2) is 18.2 Å². The summed E-state index contributed by atoms with van der Waals surface area (Å²) in [6.45, 7) is 7.41. The molecule has 112 valence electrons. The third-order valence-electron chi connectivity index (χ3n) is 2.82. The van der Waals surface area contributed by atoms with Crippen LogP contribution in [0.4, 0.5) is 0 Å². The molecule has 1 aliphatic heterocycles. The maximum Gasteiger partial charge on any atom is 0.231 e. The topological polar surface area (TPSA) is 57.2 Å². The molecule has 1 aliphatic rings. The number of benzene rings is 1. The zero-order valence-corrected chi connectivity index (χ0v) is 12.2. The van der Waals surface area contributed by atoms with E-state index in [2.05, 4.69) is 0 Å². The summed E-state index contributed by atoms with van der Waals surface area (Å²) in [5.41, 5.74) is 0.588. The Kier molecular flexibility index (Phi) is 4.86. The monoisotopic (exact) mass is 282 g/mol. The molecule has 0 saturated carbocycles. The van der Waals surface area contributed by atoms with Gasteiger partial charge in [-0.2, -0.15) is 0 Å². The number of hydrogen-bond donors (Lipinski definition) is 1. The highest BCUT2D eigenvalue weighted by Gasteiger charge is 2.16. The number of hydrogen-bond acceptors (Lipinski definition) is 5. The Morgan fingerprint density at radius 3 is 2.70 bits per heavy atom. The van der Waals surface area contributed by atoms with Crippen LogP contribution in [0.2, 0.25) is 0 Å². The second kappa shape index (κ2) is 6.43. The van der Waals surface area contributed by atoms with Crippen molar-refractivity contribution in [2.75, 3.05) is 26.6 Å². The number of rotatable bonds is 6. The fourth-order valence-corrected chi connectivity index (χ4v) is 1.82. The normalized spacial score (nSPS) is 15.4. The van der Waals surface area contributed by atoms with Gasteiger partial charge in [0.15, 0.2) is 11.5 Å². The summed E-state index contributed by atoms with van der Waals surface area (Å²) in [5, 5.41) is 10.0. The summed E-state index contributed by atoms with van der Waals surface area (Å²) in [6, 6.07) is 5.39. The minimum Gasteiger partial charge on any atom is -0.454 e. The van der Waals surface area contributed by atoms with Crippen LogP contribution < -0.4 is 9.47 Å². The first-order valence-electron chi connectivity index (χ1n) is 6.75. The van der Waals surface area contributed by atoms with Gasteiger partial charge in [0.1, 0.15) is 6.10 Å². The average molecular weight is 282 g/mol. The lowest BCUT2D eigenvalue weighted by atomic mass is 10.1. The fourth-order valence-electron chi connectivity index (χ4n) is 1.82. The number of aliphatic hydroxyl groups is 1. The van der Waals surface area contributed by atoms with Crippen molar-refractivity contribution in [3.05, 3.63) is 23.8 Å². The predicted molar refractivity (Wildman–Crippen MR) is 74.0 cm³/mol. The summed E-state index contributed by atoms with van der Waals surface area (Å²) < 4.78 is 21.5. The summed E-state index contributed by atoms with van der Waals surface area (Å²) in [4.78, 5) is 0. The van der Waals surface area contributed by atoms with Gasteiger partial charge in [-0.05, 0) is 38.5 Å². The van der Waals surface area contributed by atoms with Crippen molar-refractivity contribution < 1.29 is 24.1 Å². The molecule has 0 spiro atoms. The van der Waals surface area contributed by atoms with E-state index in [9.17, 15) is 5.11 Å². The van der Waals surface area contributed by atoms with Crippen molar-refractivity contribution in [3.8, 4) is 11.5 Å². The third kappa shape index (κ3) is 4.37. The molecule has 1 aromatic carbocycles. The van der Waals surface area contributed by atoms with Crippen molar-refractivity contribution in [1.82, 2.24) is 0 Å². The molecule has 2 rings (SSSR count). The molecule has 20 heavy (non-hydrogen) atoms. The number of ether oxygens (including phenoxy) is 4. The zero-order chi connectivity index (χ0) is 14.6. The van der Waals surface area contributed by atoms with E-state index in [-0.39, 0.29) is 19.0 Å². The van der Waals surface area contributed by atoms with Crippen LogP contribution in [-0.2, 0) is 9.47 Å². The summed E-state index contributed by atoms with van der Waals surface area (Å²) in [6.07, 6.45) is -0.681. The molecule has 0 aromatic heterocycles. The molecule has 1 heterocycles. The van der Waals surface area contributed by atoms with Gasteiger partial charge >= 0.3 is 0 Å². The molecule has 1 atom stereocenters. The van der Waals surface area contributed by atoms with Gasteiger partial charge in [-0.3, -0.25) is 0 Å². The Bertz CT molecular complexity index is 438. The van der Waals surface area contributed by atoms with Crippen molar-refractivity contribution in [1.29, 1.82) is 0 Å². The fraction of sp³-hybridized carbons (Fsp3) is 0.600. The first-order chi connectivity index (χ1) is 9.46. The van der Waals surface area contributed by atoms with Crippen LogP contribution >= 0.6 is 0 Å². The maximum absolute atomic E-state index is 10.0. The van der Waals surface area contributed by atoms with E-state index in [1.54, 1.807) is 12.1 Å². The summed E-state index contributed by atoms with van der Waals surface area (Å²) >= 11 is 0. The molecule has 0 aliphatic carbocycles. The van der Waals surface area contributed by atoms with Crippen LogP contribution in [0.5, 0.6) is 11.5 Å². The molecule has 5 heteroatoms. The minimum absolute atomic E-state index is 0.167. The van der Waals surface area contributed by atoms with Crippen LogP contribution in [0.25, 0.3) is 0 Å². The van der Waals surface area contributed by atoms with Gasteiger partial charge in [0.05, 0.1) is 25.4 Å². The summed E-state index contributed by atoms with van der Waals surface area (Å²) in [7, 11) is 0. The van der Waals surface area contributed by atoms with Gasteiger partial charge in [-0.25, -0.2) is 0 Å². The standard InChI is InChI=1S/C15H22O5/c1-15(2,3)20-7-6-17-9-12(16)11-4-5-13-14(8-11)19-10-18-13/h4-5,8,12,16H,6-7,9-10H2,1-3H3. The lowest BCUT2D eigenvalue weighted by molar-refractivity contribution is -0.0477. The largest absolute Gasteiger partial charge is 0.454 e. The van der Waals surface area contributed by atoms with E-state index in [0.717, 1.165) is 5.56 Å². The SMILES string of the molecule is CC(C)(C)OCCOCC(O)c1ccc2c(c1)OCO2. The molecule has 1 N–H and O–H groups in total. The molecule has 1 unspecified atom stereocenters. The second-order valence-electron chi connectivity index (χ2n) is 5.66. The van der Waals surface area contributed by atoms with Crippen LogP contribution in [0.1, 0.15) is 32.4 Å². The lowest BCUT2D eigenvalue weighted by Crippen LogP contribution is -2.22. The maximum atomic E-state index is 10.0. The highest BCUT2D eigenvalue weighted by Crippen LogP contribution is 2.34. The van der Waals surface area contributed by atoms with Gasteiger partial charge in [0, 0.05) is 0 Å². The Labute approximate surface area is 119 Å². The van der Waals surface area contributed by atoms with E-state index < -0.39 is 6.10 Å². The molecule has 0 fully saturated rings. The van der Waals surface area contributed by atoms with Crippen LogP contribution in [-0.4, -0.2) is 37.3 Å². The lowest BCUT2D eigenvalue weighted by Gasteiger charge is -2.19. The first kappa shape index (κ1) is 15.1. The Morgan fingerprint density at radius 2 is 1.95 bits per heavy atom. The summed E-state index contributed by atoms with van der Waals surface area (Å²) in [5.74, 6) is 1.37. The Hall–Kier alpha value is -1.30. The average Bonchev–Trinajstić information content (AvgIpc) is 2.83. The molecule has 1 aromatic rings. The molecule has 0 amide bonds. The number of fused-ring (bicyclic) bond motifs is 1. The molecular weight excluding hydrogens is 260 g/mol.